The van der Waals surface area contributed by atoms with Crippen molar-refractivity contribution in [1.29, 1.82) is 0 Å². The topological polar surface area (TPSA) is 80.3 Å². The molecule has 0 unspecified atom stereocenters. The van der Waals surface area contributed by atoms with Crippen LogP contribution < -0.4 is 4.74 Å². The lowest BCUT2D eigenvalue weighted by Crippen LogP contribution is -2.27. The van der Waals surface area contributed by atoms with Crippen LogP contribution in [0.3, 0.4) is 0 Å². The van der Waals surface area contributed by atoms with Crippen molar-refractivity contribution in [2.24, 2.45) is 47.3 Å². The van der Waals surface area contributed by atoms with Gasteiger partial charge in [0.25, 0.3) is 0 Å². The minimum absolute atomic E-state index is 0.0531. The van der Waals surface area contributed by atoms with E-state index in [9.17, 15) is 8.42 Å². The Morgan fingerprint density at radius 1 is 0.389 bits per heavy atom. The summed E-state index contributed by atoms with van der Waals surface area (Å²) in [6.07, 6.45) is 24.8. The van der Waals surface area contributed by atoms with E-state index in [-0.39, 0.29) is 17.8 Å². The third-order valence-electron chi connectivity index (χ3n) is 15.2. The molecule has 0 aromatic heterocycles. The van der Waals surface area contributed by atoms with Crippen molar-refractivity contribution in [3.63, 3.8) is 0 Å². The predicted molar refractivity (Wildman–Crippen MR) is 303 cm³/mol. The summed E-state index contributed by atoms with van der Waals surface area (Å²) in [6.45, 7) is 23.6. The summed E-state index contributed by atoms with van der Waals surface area (Å²) in [5, 5.41) is 0. The van der Waals surface area contributed by atoms with Crippen LogP contribution in [-0.4, -0.2) is 60.4 Å². The minimum atomic E-state index is -3.20. The predicted octanol–water partition coefficient (Wildman–Crippen LogP) is 17.2. The second-order valence-corrected chi connectivity index (χ2v) is 25.1. The second kappa shape index (κ2) is 38.7. The molecule has 0 aliphatic heterocycles. The molecule has 0 fully saturated rings. The van der Waals surface area contributed by atoms with Crippen LogP contribution in [0.25, 0.3) is 0 Å². The van der Waals surface area contributed by atoms with E-state index in [2.05, 4.69) is 91.8 Å². The average molecular weight is 1020 g/mol. The van der Waals surface area contributed by atoms with E-state index in [0.717, 1.165) is 69.0 Å². The molecule has 8 heteroatoms. The van der Waals surface area contributed by atoms with Gasteiger partial charge in [0.15, 0.2) is 9.84 Å². The number of sulfone groups is 1. The Hall–Kier alpha value is -2.75. The van der Waals surface area contributed by atoms with Crippen LogP contribution in [0.1, 0.15) is 195 Å². The maximum absolute atomic E-state index is 12.7. The first kappa shape index (κ1) is 63.5. The third kappa shape index (κ3) is 31.2. The molecule has 3 rings (SSSR count). The quantitative estimate of drug-likeness (QED) is 0.0522. The molecule has 0 saturated carbocycles. The summed E-state index contributed by atoms with van der Waals surface area (Å²) in [4.78, 5) is 0.445. The van der Waals surface area contributed by atoms with Gasteiger partial charge in [-0.25, -0.2) is 8.42 Å². The lowest BCUT2D eigenvalue weighted by Gasteiger charge is -2.21. The third-order valence-corrected chi connectivity index (χ3v) is 17.2. The highest BCUT2D eigenvalue weighted by Crippen LogP contribution is 2.26. The highest BCUT2D eigenvalue weighted by atomic mass is 32.2. The summed E-state index contributed by atoms with van der Waals surface area (Å²) < 4.78 is 55.6. The van der Waals surface area contributed by atoms with Gasteiger partial charge in [-0.2, -0.15) is 0 Å². The molecule has 3 aromatic rings. The van der Waals surface area contributed by atoms with E-state index in [0.29, 0.717) is 55.0 Å². The van der Waals surface area contributed by atoms with Crippen LogP contribution in [0.15, 0.2) is 89.8 Å². The van der Waals surface area contributed by atoms with E-state index in [1.54, 1.807) is 31.4 Å². The maximum atomic E-state index is 12.7. The smallest absolute Gasteiger partial charge is 0.178 e. The molecule has 0 radical (unpaired) electrons. The fourth-order valence-electron chi connectivity index (χ4n) is 10.1. The van der Waals surface area contributed by atoms with E-state index >= 15 is 0 Å². The molecule has 0 spiro atoms. The van der Waals surface area contributed by atoms with Gasteiger partial charge >= 0.3 is 0 Å². The largest absolute Gasteiger partial charge is 0.497 e. The van der Waals surface area contributed by atoms with Gasteiger partial charge in [0, 0.05) is 19.8 Å². The number of rotatable bonds is 45. The van der Waals surface area contributed by atoms with Crippen molar-refractivity contribution >= 4 is 9.84 Å². The van der Waals surface area contributed by atoms with Crippen molar-refractivity contribution in [2.75, 3.05) is 45.9 Å². The number of benzene rings is 3. The summed E-state index contributed by atoms with van der Waals surface area (Å²) in [7, 11) is -1.50. The molecule has 0 bridgehead atoms. The highest BCUT2D eigenvalue weighted by molar-refractivity contribution is 7.91. The van der Waals surface area contributed by atoms with Gasteiger partial charge in [0.1, 0.15) is 11.9 Å². The van der Waals surface area contributed by atoms with Gasteiger partial charge in [0.05, 0.1) is 44.2 Å². The van der Waals surface area contributed by atoms with Crippen LogP contribution in [0, 0.1) is 47.3 Å². The monoisotopic (exact) mass is 1020 g/mol. The molecule has 7 nitrogen and oxygen atoms in total. The minimum Gasteiger partial charge on any atom is -0.497 e. The summed E-state index contributed by atoms with van der Waals surface area (Å²) >= 11 is 0. The Bertz CT molecular complexity index is 1820. The standard InChI is InChI=1S/C64H106O7S/c1-52(23-17-25-55(4)29-21-33-59(8)51-72(65,66)64-36-14-11-15-37-64)26-18-30-56(5)42-44-68-49-63(50-70-47-60-34-12-10-13-35-60)71-45-43-57(6)31-19-27-53(2)22-16-24-54(3)28-20-32-58(7)46-69-48-61-38-40-62(67-9)41-39-61/h10-15,34-41,52-59,63H,16-33,42-51H2,1-9H3/t52-,53-,54+,55+,56-,57-,58+,59+,63+/m1/s1. The molecule has 410 valence electrons. The van der Waals surface area contributed by atoms with Crippen molar-refractivity contribution in [2.45, 2.75) is 208 Å². The first-order chi connectivity index (χ1) is 34.7. The molecule has 0 saturated heterocycles. The van der Waals surface area contributed by atoms with Crippen LogP contribution >= 0.6 is 0 Å². The Labute approximate surface area is 443 Å². The Morgan fingerprint density at radius 3 is 1.24 bits per heavy atom. The van der Waals surface area contributed by atoms with Crippen molar-refractivity contribution in [3.8, 4) is 5.75 Å². The first-order valence-corrected chi connectivity index (χ1v) is 30.7. The SMILES string of the molecule is COc1ccc(COC[C@@H](C)CCC[C@@H](C)CCC[C@@H](C)CCC[C@@H](C)CCO[C@@H](COCC[C@H](C)CCC[C@H](C)CCC[C@H](C)CCC[C@H](C)CS(=O)(=O)c2ccccc2)COCc2ccccc2)cc1. The number of hydrogen-bond donors (Lipinski definition) is 0. The van der Waals surface area contributed by atoms with E-state index in [1.807, 2.05) is 24.3 Å². The molecule has 0 aliphatic rings. The zero-order valence-corrected chi connectivity index (χ0v) is 48.2. The fraction of sp³-hybridized carbons (Fsp3) is 0.719. The van der Waals surface area contributed by atoms with Crippen LogP contribution in [0.5, 0.6) is 5.75 Å². The van der Waals surface area contributed by atoms with Gasteiger partial charge in [-0.1, -0.05) is 219 Å². The van der Waals surface area contributed by atoms with E-state index < -0.39 is 9.84 Å². The lowest BCUT2D eigenvalue weighted by atomic mass is 9.91. The summed E-state index contributed by atoms with van der Waals surface area (Å²) in [5.41, 5.74) is 2.38. The van der Waals surface area contributed by atoms with Gasteiger partial charge in [-0.3, -0.25) is 0 Å². The maximum Gasteiger partial charge on any atom is 0.178 e. The Morgan fingerprint density at radius 2 is 0.764 bits per heavy atom. The molecule has 0 N–H and O–H groups in total. The molecule has 3 aromatic carbocycles. The zero-order chi connectivity index (χ0) is 52.2. The average Bonchev–Trinajstić information content (AvgIpc) is 3.35. The summed E-state index contributed by atoms with van der Waals surface area (Å²) in [6, 6.07) is 27.5. The normalized spacial score (nSPS) is 15.8. The van der Waals surface area contributed by atoms with E-state index in [4.69, 9.17) is 23.7 Å². The van der Waals surface area contributed by atoms with Crippen molar-refractivity contribution in [3.05, 3.63) is 96.1 Å². The number of methoxy groups -OCH3 is 1. The summed E-state index contributed by atoms with van der Waals surface area (Å²) in [5.74, 6) is 6.25. The Kier molecular flexibility index (Phi) is 34.2. The molecule has 0 heterocycles. The molecular weight excluding hydrogens is 913 g/mol. The van der Waals surface area contributed by atoms with Gasteiger partial charge in [0.2, 0.25) is 0 Å². The van der Waals surface area contributed by atoms with Crippen molar-refractivity contribution in [1.82, 2.24) is 0 Å². The fourth-order valence-corrected chi connectivity index (χ4v) is 11.8. The van der Waals surface area contributed by atoms with Crippen LogP contribution in [0.2, 0.25) is 0 Å². The molecular formula is C64H106O7S. The number of ether oxygens (including phenoxy) is 5. The zero-order valence-electron chi connectivity index (χ0n) is 47.3. The first-order valence-electron chi connectivity index (χ1n) is 29.0. The van der Waals surface area contributed by atoms with Crippen LogP contribution in [0.4, 0.5) is 0 Å². The molecule has 9 atom stereocenters. The highest BCUT2D eigenvalue weighted by Gasteiger charge is 2.19. The molecule has 72 heavy (non-hydrogen) atoms. The van der Waals surface area contributed by atoms with Crippen molar-refractivity contribution < 1.29 is 32.1 Å². The van der Waals surface area contributed by atoms with Gasteiger partial charge < -0.3 is 23.7 Å². The number of hydrogen-bond acceptors (Lipinski definition) is 7. The lowest BCUT2D eigenvalue weighted by molar-refractivity contribution is -0.0670. The van der Waals surface area contributed by atoms with Gasteiger partial charge in [-0.15, -0.1) is 0 Å². The molecule has 0 aliphatic carbocycles. The van der Waals surface area contributed by atoms with Gasteiger partial charge in [-0.05, 0) is 108 Å². The Balaban J connectivity index is 1.20. The second-order valence-electron chi connectivity index (χ2n) is 23.0. The van der Waals surface area contributed by atoms with Crippen LogP contribution in [-0.2, 0) is 42.0 Å². The molecule has 0 amide bonds. The van der Waals surface area contributed by atoms with E-state index in [1.165, 1.54) is 114 Å².